The molecule has 0 N–H and O–H groups in total. The van der Waals surface area contributed by atoms with Gasteiger partial charge < -0.3 is 0 Å². The summed E-state index contributed by atoms with van der Waals surface area (Å²) in [4.78, 5) is 2.26. The number of hydrogen-bond donors (Lipinski definition) is 0. The van der Waals surface area contributed by atoms with Gasteiger partial charge in [-0.3, -0.25) is 4.90 Å². The van der Waals surface area contributed by atoms with Crippen molar-refractivity contribution in [2.45, 2.75) is 13.0 Å². The zero-order valence-electron chi connectivity index (χ0n) is 9.66. The van der Waals surface area contributed by atoms with Gasteiger partial charge in [0.1, 0.15) is 11.9 Å². The van der Waals surface area contributed by atoms with Crippen molar-refractivity contribution >= 4 is 11.8 Å². The highest BCUT2D eigenvalue weighted by Crippen LogP contribution is 2.17. The van der Waals surface area contributed by atoms with Crippen molar-refractivity contribution in [2.24, 2.45) is 0 Å². The Morgan fingerprint density at radius 2 is 2.24 bits per heavy atom. The molecule has 0 amide bonds. The third-order valence-electron chi connectivity index (χ3n) is 2.91. The smallest absolute Gasteiger partial charge is 0.145 e. The van der Waals surface area contributed by atoms with E-state index in [0.29, 0.717) is 12.1 Å². The largest absolute Gasteiger partial charge is 0.298 e. The van der Waals surface area contributed by atoms with Gasteiger partial charge in [-0.25, -0.2) is 4.39 Å². The maximum Gasteiger partial charge on any atom is 0.145 e. The van der Waals surface area contributed by atoms with E-state index in [1.54, 1.807) is 12.1 Å². The Hall–Kier alpha value is -1.05. The Bertz CT molecular complexity index is 420. The second kappa shape index (κ2) is 6.04. The molecule has 1 fully saturated rings. The van der Waals surface area contributed by atoms with E-state index in [2.05, 4.69) is 4.90 Å². The topological polar surface area (TPSA) is 27.0 Å². The molecule has 0 atom stereocenters. The van der Waals surface area contributed by atoms with Gasteiger partial charge in [0, 0.05) is 24.4 Å². The zero-order valence-corrected chi connectivity index (χ0v) is 10.5. The number of hydrogen-bond acceptors (Lipinski definition) is 3. The predicted molar refractivity (Wildman–Crippen MR) is 68.3 cm³/mol. The molecule has 1 aromatic carbocycles. The maximum absolute atomic E-state index is 13.9. The molecule has 0 spiro atoms. The quantitative estimate of drug-likeness (QED) is 0.807. The zero-order chi connectivity index (χ0) is 12.1. The van der Waals surface area contributed by atoms with Crippen LogP contribution in [0.5, 0.6) is 0 Å². The summed E-state index contributed by atoms with van der Waals surface area (Å²) < 4.78 is 13.9. The van der Waals surface area contributed by atoms with Crippen molar-refractivity contribution in [3.63, 3.8) is 0 Å². The fourth-order valence-electron chi connectivity index (χ4n) is 1.99. The second-order valence-electron chi connectivity index (χ2n) is 4.13. The molecule has 1 aliphatic rings. The Morgan fingerprint density at radius 3 is 3.06 bits per heavy atom. The van der Waals surface area contributed by atoms with Crippen LogP contribution in [0.25, 0.3) is 0 Å². The molecule has 90 valence electrons. The van der Waals surface area contributed by atoms with Gasteiger partial charge in [-0.05, 0) is 24.8 Å². The van der Waals surface area contributed by atoms with Gasteiger partial charge in [0.25, 0.3) is 0 Å². The summed E-state index contributed by atoms with van der Waals surface area (Å²) in [6, 6.07) is 6.94. The second-order valence-corrected chi connectivity index (χ2v) is 5.36. The lowest BCUT2D eigenvalue weighted by Crippen LogP contribution is -2.26. The highest BCUT2D eigenvalue weighted by Gasteiger charge is 2.13. The highest BCUT2D eigenvalue weighted by atomic mass is 32.2. The van der Waals surface area contributed by atoms with Crippen molar-refractivity contribution in [3.8, 4) is 6.07 Å². The molecule has 0 saturated carbocycles. The average molecular weight is 250 g/mol. The predicted octanol–water partition coefficient (Wildman–Crippen LogP) is 2.64. The van der Waals surface area contributed by atoms with Gasteiger partial charge in [-0.2, -0.15) is 17.0 Å². The minimum atomic E-state index is -0.355. The van der Waals surface area contributed by atoms with Crippen molar-refractivity contribution < 1.29 is 4.39 Å². The van der Waals surface area contributed by atoms with Crippen LogP contribution in [0.15, 0.2) is 18.2 Å². The van der Waals surface area contributed by atoms with E-state index >= 15 is 0 Å². The summed E-state index contributed by atoms with van der Waals surface area (Å²) in [5.41, 5.74) is 0.780. The van der Waals surface area contributed by atoms with E-state index in [9.17, 15) is 4.39 Å². The SMILES string of the molecule is N#Cc1cccc(CN2CCCSCC2)c1F. The minimum absolute atomic E-state index is 0.145. The molecule has 1 saturated heterocycles. The lowest BCUT2D eigenvalue weighted by Gasteiger charge is -2.19. The fourth-order valence-corrected chi connectivity index (χ4v) is 2.91. The molecule has 4 heteroatoms. The average Bonchev–Trinajstić information content (AvgIpc) is 2.60. The molecule has 17 heavy (non-hydrogen) atoms. The lowest BCUT2D eigenvalue weighted by atomic mass is 10.1. The first-order valence-electron chi connectivity index (χ1n) is 5.79. The van der Waals surface area contributed by atoms with Gasteiger partial charge in [-0.1, -0.05) is 12.1 Å². The van der Waals surface area contributed by atoms with Gasteiger partial charge in [0.15, 0.2) is 0 Å². The number of nitrogens with zero attached hydrogens (tertiary/aromatic N) is 2. The maximum atomic E-state index is 13.9. The van der Waals surface area contributed by atoms with Crippen LogP contribution in [0.1, 0.15) is 17.5 Å². The lowest BCUT2D eigenvalue weighted by molar-refractivity contribution is 0.283. The Kier molecular flexibility index (Phi) is 4.41. The van der Waals surface area contributed by atoms with Crippen molar-refractivity contribution in [3.05, 3.63) is 35.1 Å². The first kappa shape index (κ1) is 12.4. The molecule has 1 aromatic rings. The number of thioether (sulfide) groups is 1. The van der Waals surface area contributed by atoms with Crippen LogP contribution in [0.4, 0.5) is 4.39 Å². The summed E-state index contributed by atoms with van der Waals surface area (Å²) >= 11 is 1.95. The van der Waals surface area contributed by atoms with Crippen molar-refractivity contribution in [1.82, 2.24) is 4.90 Å². The summed E-state index contributed by atoms with van der Waals surface area (Å²) in [6.45, 7) is 2.63. The first-order valence-corrected chi connectivity index (χ1v) is 6.94. The van der Waals surface area contributed by atoms with Crippen LogP contribution in [-0.2, 0) is 6.54 Å². The van der Waals surface area contributed by atoms with Gasteiger partial charge in [0.2, 0.25) is 0 Å². The Balaban J connectivity index is 2.10. The monoisotopic (exact) mass is 250 g/mol. The number of nitriles is 1. The van der Waals surface area contributed by atoms with Crippen molar-refractivity contribution in [2.75, 3.05) is 24.6 Å². The van der Waals surface area contributed by atoms with E-state index < -0.39 is 0 Å². The molecule has 0 aromatic heterocycles. The molecule has 1 aliphatic heterocycles. The van der Waals surface area contributed by atoms with E-state index in [4.69, 9.17) is 5.26 Å². The number of halogens is 1. The van der Waals surface area contributed by atoms with Crippen molar-refractivity contribution in [1.29, 1.82) is 5.26 Å². The van der Waals surface area contributed by atoms with Crippen LogP contribution in [0.2, 0.25) is 0 Å². The number of rotatable bonds is 2. The third-order valence-corrected chi connectivity index (χ3v) is 3.96. The van der Waals surface area contributed by atoms with Crippen LogP contribution in [-0.4, -0.2) is 29.5 Å². The molecule has 2 rings (SSSR count). The number of benzene rings is 1. The molecule has 0 unspecified atom stereocenters. The molecule has 0 radical (unpaired) electrons. The fraction of sp³-hybridized carbons (Fsp3) is 0.462. The molecular weight excluding hydrogens is 235 g/mol. The van der Waals surface area contributed by atoms with E-state index in [0.717, 1.165) is 25.3 Å². The summed E-state index contributed by atoms with van der Waals surface area (Å²) in [5.74, 6) is 1.95. The molecular formula is C13H15FN2S. The normalized spacial score (nSPS) is 17.4. The first-order chi connectivity index (χ1) is 8.31. The summed E-state index contributed by atoms with van der Waals surface area (Å²) in [7, 11) is 0. The summed E-state index contributed by atoms with van der Waals surface area (Å²) in [6.07, 6.45) is 1.16. The molecule has 0 aliphatic carbocycles. The van der Waals surface area contributed by atoms with Crippen LogP contribution >= 0.6 is 11.8 Å². The summed E-state index contributed by atoms with van der Waals surface area (Å²) in [5, 5.41) is 8.79. The Morgan fingerprint density at radius 1 is 1.35 bits per heavy atom. The van der Waals surface area contributed by atoms with E-state index in [1.165, 1.54) is 11.8 Å². The van der Waals surface area contributed by atoms with Crippen LogP contribution in [0.3, 0.4) is 0 Å². The molecule has 1 heterocycles. The molecule has 0 bridgehead atoms. The molecule has 2 nitrogen and oxygen atoms in total. The highest BCUT2D eigenvalue weighted by molar-refractivity contribution is 7.99. The third kappa shape index (κ3) is 3.21. The van der Waals surface area contributed by atoms with Crippen LogP contribution in [0, 0.1) is 17.1 Å². The Labute approximate surface area is 105 Å². The van der Waals surface area contributed by atoms with Gasteiger partial charge in [-0.15, -0.1) is 0 Å². The van der Waals surface area contributed by atoms with E-state index in [1.807, 2.05) is 17.8 Å². The van der Waals surface area contributed by atoms with E-state index in [-0.39, 0.29) is 11.4 Å². The van der Waals surface area contributed by atoms with Gasteiger partial charge >= 0.3 is 0 Å². The van der Waals surface area contributed by atoms with Crippen LogP contribution < -0.4 is 0 Å². The standard InChI is InChI=1S/C13H15FN2S/c14-13-11(9-15)3-1-4-12(13)10-16-5-2-7-17-8-6-16/h1,3-4H,2,5-8,10H2. The minimum Gasteiger partial charge on any atom is -0.298 e. The van der Waals surface area contributed by atoms with Gasteiger partial charge in [0.05, 0.1) is 5.56 Å².